The number of amides is 2. The first-order chi connectivity index (χ1) is 15.8. The molecule has 0 saturated carbocycles. The maximum atomic E-state index is 13.7. The smallest absolute Gasteiger partial charge is 0.295 e. The molecular weight excluding hydrogens is 421 g/mol. The Morgan fingerprint density at radius 3 is 2.55 bits per heavy atom. The molecule has 0 bridgehead atoms. The molecule has 1 aromatic heterocycles. The van der Waals surface area contributed by atoms with Crippen molar-refractivity contribution in [2.45, 2.75) is 46.2 Å². The van der Waals surface area contributed by atoms with Crippen molar-refractivity contribution in [1.29, 1.82) is 0 Å². The minimum Gasteiger partial charge on any atom is -0.337 e. The van der Waals surface area contributed by atoms with Crippen LogP contribution in [0.5, 0.6) is 0 Å². The number of anilines is 1. The molecule has 1 aliphatic heterocycles. The fraction of sp³-hybridized carbons (Fsp3) is 0.346. The number of benzene rings is 2. The van der Waals surface area contributed by atoms with Gasteiger partial charge in [-0.1, -0.05) is 18.2 Å². The predicted octanol–water partition coefficient (Wildman–Crippen LogP) is 4.20. The molecule has 4 rings (SSSR count). The lowest BCUT2D eigenvalue weighted by atomic mass is 9.96. The number of likely N-dealkylation sites (N-methyl/N-ethyl adjacent to an activating group) is 1. The number of Topliss-reactive ketones (excluding diaryl/α,β-unsaturated/α-hetero) is 1. The molecule has 0 fully saturated rings. The number of rotatable bonds is 6. The van der Waals surface area contributed by atoms with Crippen LogP contribution in [0.15, 0.2) is 48.7 Å². The van der Waals surface area contributed by atoms with Gasteiger partial charge in [0.05, 0.1) is 5.56 Å². The van der Waals surface area contributed by atoms with Crippen molar-refractivity contribution in [3.8, 4) is 0 Å². The quantitative estimate of drug-likeness (QED) is 0.419. The predicted molar refractivity (Wildman–Crippen MR) is 126 cm³/mol. The number of fused-ring (bicyclic) bond motifs is 2. The summed E-state index contributed by atoms with van der Waals surface area (Å²) in [4.78, 5) is 42.4. The standard InChI is InChI=1S/C26H28FN3O3/c1-4-28(5-2)26(33)25(32)21-15-29(23-9-7-6-8-20(21)23)16-24(31)30-17(3)10-11-18-14-19(27)12-13-22(18)30/h6-9,12-15,17H,4-5,10-11,16H2,1-3H3/t17-/m0/s1. The van der Waals surface area contributed by atoms with E-state index in [0.717, 1.165) is 24.1 Å². The summed E-state index contributed by atoms with van der Waals surface area (Å²) < 4.78 is 15.4. The molecule has 2 heterocycles. The first-order valence-corrected chi connectivity index (χ1v) is 11.4. The van der Waals surface area contributed by atoms with Gasteiger partial charge in [0.1, 0.15) is 12.4 Å². The van der Waals surface area contributed by atoms with Crippen LogP contribution in [0.25, 0.3) is 10.9 Å². The topological polar surface area (TPSA) is 62.6 Å². The summed E-state index contributed by atoms with van der Waals surface area (Å²) in [7, 11) is 0. The first kappa shape index (κ1) is 22.7. The summed E-state index contributed by atoms with van der Waals surface area (Å²) >= 11 is 0. The van der Waals surface area contributed by atoms with Crippen LogP contribution in [0.4, 0.5) is 10.1 Å². The first-order valence-electron chi connectivity index (χ1n) is 11.4. The molecule has 33 heavy (non-hydrogen) atoms. The number of carbonyl (C=O) groups excluding carboxylic acids is 3. The third kappa shape index (κ3) is 4.15. The molecule has 2 aromatic carbocycles. The van der Waals surface area contributed by atoms with Gasteiger partial charge in [-0.2, -0.15) is 0 Å². The molecule has 6 nitrogen and oxygen atoms in total. The zero-order chi connectivity index (χ0) is 23.7. The Morgan fingerprint density at radius 1 is 1.09 bits per heavy atom. The van der Waals surface area contributed by atoms with E-state index in [2.05, 4.69) is 0 Å². The molecule has 1 atom stereocenters. The minimum absolute atomic E-state index is 0.00834. The van der Waals surface area contributed by atoms with Crippen molar-refractivity contribution in [2.24, 2.45) is 0 Å². The van der Waals surface area contributed by atoms with E-state index in [1.165, 1.54) is 17.0 Å². The van der Waals surface area contributed by atoms with Crippen LogP contribution in [0.1, 0.15) is 43.1 Å². The van der Waals surface area contributed by atoms with E-state index in [0.29, 0.717) is 29.6 Å². The van der Waals surface area contributed by atoms with Gasteiger partial charge in [-0.3, -0.25) is 14.4 Å². The molecule has 3 aromatic rings. The highest BCUT2D eigenvalue weighted by atomic mass is 19.1. The van der Waals surface area contributed by atoms with E-state index in [1.54, 1.807) is 27.8 Å². The molecule has 172 valence electrons. The summed E-state index contributed by atoms with van der Waals surface area (Å²) in [6, 6.07) is 11.8. The van der Waals surface area contributed by atoms with Gasteiger partial charge in [-0.05, 0) is 63.4 Å². The van der Waals surface area contributed by atoms with E-state index < -0.39 is 11.7 Å². The third-order valence-electron chi connectivity index (χ3n) is 6.43. The van der Waals surface area contributed by atoms with Crippen molar-refractivity contribution < 1.29 is 18.8 Å². The molecule has 0 radical (unpaired) electrons. The van der Waals surface area contributed by atoms with E-state index in [4.69, 9.17) is 0 Å². The number of hydrogen-bond acceptors (Lipinski definition) is 3. The summed E-state index contributed by atoms with van der Waals surface area (Å²) in [6.45, 7) is 6.56. The van der Waals surface area contributed by atoms with Gasteiger partial charge in [0.25, 0.3) is 11.7 Å². The molecule has 7 heteroatoms. The normalized spacial score (nSPS) is 15.4. The minimum atomic E-state index is -0.576. The maximum absolute atomic E-state index is 13.7. The van der Waals surface area contributed by atoms with Crippen LogP contribution in [0.2, 0.25) is 0 Å². The number of ketones is 1. The Bertz CT molecular complexity index is 1230. The third-order valence-corrected chi connectivity index (χ3v) is 6.43. The summed E-state index contributed by atoms with van der Waals surface area (Å²) in [5, 5.41) is 0.643. The van der Waals surface area contributed by atoms with Crippen LogP contribution in [-0.4, -0.2) is 46.2 Å². The van der Waals surface area contributed by atoms with Gasteiger partial charge in [0.15, 0.2) is 0 Å². The van der Waals surface area contributed by atoms with E-state index in [1.807, 2.05) is 39.0 Å². The molecule has 0 saturated heterocycles. The van der Waals surface area contributed by atoms with Crippen molar-refractivity contribution in [2.75, 3.05) is 18.0 Å². The second-order valence-corrected chi connectivity index (χ2v) is 8.42. The van der Waals surface area contributed by atoms with Crippen LogP contribution in [-0.2, 0) is 22.6 Å². The number of hydrogen-bond donors (Lipinski definition) is 0. The highest BCUT2D eigenvalue weighted by Gasteiger charge is 2.30. The van der Waals surface area contributed by atoms with Gasteiger partial charge in [0.2, 0.25) is 5.91 Å². The molecule has 0 aliphatic carbocycles. The molecule has 2 amide bonds. The van der Waals surface area contributed by atoms with Gasteiger partial charge >= 0.3 is 0 Å². The number of halogens is 1. The number of carbonyl (C=O) groups is 3. The van der Waals surface area contributed by atoms with Crippen LogP contribution in [0, 0.1) is 5.82 Å². The number of nitrogens with zero attached hydrogens (tertiary/aromatic N) is 3. The lowest BCUT2D eigenvalue weighted by Gasteiger charge is -2.35. The second-order valence-electron chi connectivity index (χ2n) is 8.42. The van der Waals surface area contributed by atoms with Gasteiger partial charge in [-0.25, -0.2) is 4.39 Å². The Labute approximate surface area is 192 Å². The Hall–Kier alpha value is -3.48. The van der Waals surface area contributed by atoms with Gasteiger partial charge < -0.3 is 14.4 Å². The average molecular weight is 450 g/mol. The zero-order valence-electron chi connectivity index (χ0n) is 19.2. The SMILES string of the molecule is CCN(CC)C(=O)C(=O)c1cn(CC(=O)N2c3ccc(F)cc3CC[C@@H]2C)c2ccccc12. The molecule has 0 unspecified atom stereocenters. The summed E-state index contributed by atoms with van der Waals surface area (Å²) in [5.74, 6) is -1.58. The molecule has 0 N–H and O–H groups in total. The highest BCUT2D eigenvalue weighted by molar-refractivity contribution is 6.44. The van der Waals surface area contributed by atoms with Gasteiger partial charge in [0, 0.05) is 41.9 Å². The van der Waals surface area contributed by atoms with Crippen molar-refractivity contribution in [3.05, 3.63) is 65.6 Å². The van der Waals surface area contributed by atoms with E-state index >= 15 is 0 Å². The van der Waals surface area contributed by atoms with Crippen molar-refractivity contribution in [1.82, 2.24) is 9.47 Å². The number of para-hydroxylation sites is 1. The molecular formula is C26H28FN3O3. The van der Waals surface area contributed by atoms with E-state index in [-0.39, 0.29) is 24.3 Å². The maximum Gasteiger partial charge on any atom is 0.295 e. The monoisotopic (exact) mass is 449 g/mol. The average Bonchev–Trinajstić information content (AvgIpc) is 3.17. The van der Waals surface area contributed by atoms with Gasteiger partial charge in [-0.15, -0.1) is 0 Å². The summed E-state index contributed by atoms with van der Waals surface area (Å²) in [6.07, 6.45) is 3.07. The van der Waals surface area contributed by atoms with Crippen LogP contribution in [0.3, 0.4) is 0 Å². The Kier molecular flexibility index (Phi) is 6.31. The molecule has 1 aliphatic rings. The van der Waals surface area contributed by atoms with Crippen molar-refractivity contribution in [3.63, 3.8) is 0 Å². The summed E-state index contributed by atoms with van der Waals surface area (Å²) in [5.41, 5.74) is 2.55. The second kappa shape index (κ2) is 9.17. The fourth-order valence-electron chi connectivity index (χ4n) is 4.65. The highest BCUT2D eigenvalue weighted by Crippen LogP contribution is 2.32. The lowest BCUT2D eigenvalue weighted by molar-refractivity contribution is -0.126. The number of aryl methyl sites for hydroxylation is 1. The lowest BCUT2D eigenvalue weighted by Crippen LogP contribution is -2.43. The van der Waals surface area contributed by atoms with Crippen LogP contribution < -0.4 is 4.90 Å². The van der Waals surface area contributed by atoms with Crippen molar-refractivity contribution >= 4 is 34.2 Å². The largest absolute Gasteiger partial charge is 0.337 e. The number of aromatic nitrogens is 1. The Morgan fingerprint density at radius 2 is 1.82 bits per heavy atom. The van der Waals surface area contributed by atoms with E-state index in [9.17, 15) is 18.8 Å². The zero-order valence-corrected chi connectivity index (χ0v) is 19.2. The fourth-order valence-corrected chi connectivity index (χ4v) is 4.65. The Balaban J connectivity index is 1.69. The molecule has 0 spiro atoms. The van der Waals surface area contributed by atoms with Crippen LogP contribution >= 0.6 is 0 Å².